The summed E-state index contributed by atoms with van der Waals surface area (Å²) in [5, 5.41) is 14.6. The van der Waals surface area contributed by atoms with Crippen LogP contribution in [0.15, 0.2) is 0 Å². The van der Waals surface area contributed by atoms with Gasteiger partial charge in [0.2, 0.25) is 5.91 Å². The van der Waals surface area contributed by atoms with Crippen LogP contribution in [0, 0.1) is 11.8 Å². The molecule has 0 saturated carbocycles. The van der Waals surface area contributed by atoms with Gasteiger partial charge in [0.15, 0.2) is 0 Å². The number of amides is 1. The van der Waals surface area contributed by atoms with Crippen LogP contribution in [0.2, 0.25) is 0 Å². The fraction of sp³-hybridized carbons (Fsp3) is 0.818. The van der Waals surface area contributed by atoms with Crippen LogP contribution in [0.5, 0.6) is 0 Å². The lowest BCUT2D eigenvalue weighted by Gasteiger charge is -2.22. The minimum Gasteiger partial charge on any atom is -0.481 e. The first kappa shape index (κ1) is 13.0. The Morgan fingerprint density at radius 2 is 2.31 bits per heavy atom. The number of carbonyl (C=O) groups is 2. The molecule has 16 heavy (non-hydrogen) atoms. The zero-order valence-corrected chi connectivity index (χ0v) is 9.66. The summed E-state index contributed by atoms with van der Waals surface area (Å²) < 4.78 is 0. The van der Waals surface area contributed by atoms with Crippen LogP contribution in [0.3, 0.4) is 0 Å². The van der Waals surface area contributed by atoms with Gasteiger partial charge in [0.1, 0.15) is 0 Å². The molecular weight excluding hydrogens is 208 g/mol. The van der Waals surface area contributed by atoms with Gasteiger partial charge in [0.05, 0.1) is 5.92 Å². The predicted molar refractivity (Wildman–Crippen MR) is 60.0 cm³/mol. The Bertz CT molecular complexity index is 250. The monoisotopic (exact) mass is 228 g/mol. The smallest absolute Gasteiger partial charge is 0.303 e. The highest BCUT2D eigenvalue weighted by Gasteiger charge is 2.21. The SMILES string of the molecule is CC(CNC(=O)[C@H]1CCCNC1)CC(=O)O. The number of hydrogen-bond donors (Lipinski definition) is 3. The van der Waals surface area contributed by atoms with Crippen LogP contribution in [-0.4, -0.2) is 36.6 Å². The molecule has 1 unspecified atom stereocenters. The normalized spacial score (nSPS) is 22.4. The van der Waals surface area contributed by atoms with Crippen molar-refractivity contribution in [1.29, 1.82) is 0 Å². The van der Waals surface area contributed by atoms with E-state index in [4.69, 9.17) is 5.11 Å². The lowest BCUT2D eigenvalue weighted by molar-refractivity contribution is -0.138. The van der Waals surface area contributed by atoms with E-state index in [0.717, 1.165) is 25.9 Å². The third kappa shape index (κ3) is 4.61. The zero-order valence-electron chi connectivity index (χ0n) is 9.66. The molecule has 1 fully saturated rings. The van der Waals surface area contributed by atoms with E-state index in [-0.39, 0.29) is 24.2 Å². The fourth-order valence-corrected chi connectivity index (χ4v) is 1.87. The van der Waals surface area contributed by atoms with Crippen molar-refractivity contribution in [2.75, 3.05) is 19.6 Å². The van der Waals surface area contributed by atoms with Crippen molar-refractivity contribution in [2.24, 2.45) is 11.8 Å². The average Bonchev–Trinajstić information content (AvgIpc) is 2.26. The van der Waals surface area contributed by atoms with Crippen molar-refractivity contribution in [2.45, 2.75) is 26.2 Å². The van der Waals surface area contributed by atoms with Gasteiger partial charge in [-0.15, -0.1) is 0 Å². The van der Waals surface area contributed by atoms with E-state index in [1.807, 2.05) is 6.92 Å². The van der Waals surface area contributed by atoms with Crippen molar-refractivity contribution in [1.82, 2.24) is 10.6 Å². The average molecular weight is 228 g/mol. The minimum absolute atomic E-state index is 0.0157. The van der Waals surface area contributed by atoms with E-state index in [2.05, 4.69) is 10.6 Å². The van der Waals surface area contributed by atoms with Gasteiger partial charge < -0.3 is 15.7 Å². The molecule has 1 aliphatic rings. The number of carboxylic acid groups (broad SMARTS) is 1. The van der Waals surface area contributed by atoms with Crippen LogP contribution in [0.25, 0.3) is 0 Å². The second kappa shape index (κ2) is 6.48. The van der Waals surface area contributed by atoms with Gasteiger partial charge in [-0.1, -0.05) is 6.92 Å². The van der Waals surface area contributed by atoms with Crippen LogP contribution in [-0.2, 0) is 9.59 Å². The molecule has 0 bridgehead atoms. The van der Waals surface area contributed by atoms with Crippen LogP contribution >= 0.6 is 0 Å². The first-order chi connectivity index (χ1) is 7.59. The highest BCUT2D eigenvalue weighted by molar-refractivity contribution is 5.79. The molecule has 0 aromatic heterocycles. The van der Waals surface area contributed by atoms with Crippen molar-refractivity contribution in [3.63, 3.8) is 0 Å². The van der Waals surface area contributed by atoms with Gasteiger partial charge in [-0.3, -0.25) is 9.59 Å². The van der Waals surface area contributed by atoms with Gasteiger partial charge in [0.25, 0.3) is 0 Å². The molecule has 1 rings (SSSR count). The topological polar surface area (TPSA) is 78.4 Å². The summed E-state index contributed by atoms with van der Waals surface area (Å²) in [6.45, 7) is 3.99. The third-order valence-corrected chi connectivity index (χ3v) is 2.82. The summed E-state index contributed by atoms with van der Waals surface area (Å²) in [5.74, 6) is -0.741. The Labute approximate surface area is 95.6 Å². The van der Waals surface area contributed by atoms with Gasteiger partial charge in [-0.25, -0.2) is 0 Å². The summed E-state index contributed by atoms with van der Waals surface area (Å²) in [7, 11) is 0. The quantitative estimate of drug-likeness (QED) is 0.628. The number of aliphatic carboxylic acids is 1. The van der Waals surface area contributed by atoms with Gasteiger partial charge in [0, 0.05) is 19.5 Å². The standard InChI is InChI=1S/C11H20N2O3/c1-8(5-10(14)15)6-13-11(16)9-3-2-4-12-7-9/h8-9,12H,2-7H2,1H3,(H,13,16)(H,14,15)/t8?,9-/m0/s1. The highest BCUT2D eigenvalue weighted by atomic mass is 16.4. The Morgan fingerprint density at radius 3 is 2.88 bits per heavy atom. The summed E-state index contributed by atoms with van der Waals surface area (Å²) in [5.41, 5.74) is 0. The molecule has 5 heteroatoms. The molecule has 1 amide bonds. The Morgan fingerprint density at radius 1 is 1.56 bits per heavy atom. The van der Waals surface area contributed by atoms with Crippen LogP contribution in [0.4, 0.5) is 0 Å². The van der Waals surface area contributed by atoms with Crippen molar-refractivity contribution in [3.05, 3.63) is 0 Å². The maximum Gasteiger partial charge on any atom is 0.303 e. The van der Waals surface area contributed by atoms with Crippen molar-refractivity contribution in [3.8, 4) is 0 Å². The molecule has 0 radical (unpaired) electrons. The van der Waals surface area contributed by atoms with Crippen LogP contribution < -0.4 is 10.6 Å². The van der Waals surface area contributed by atoms with E-state index in [0.29, 0.717) is 6.54 Å². The molecule has 0 aromatic rings. The lowest BCUT2D eigenvalue weighted by Crippen LogP contribution is -2.41. The largest absolute Gasteiger partial charge is 0.481 e. The molecule has 0 aromatic carbocycles. The van der Waals surface area contributed by atoms with Crippen molar-refractivity contribution >= 4 is 11.9 Å². The van der Waals surface area contributed by atoms with E-state index >= 15 is 0 Å². The molecule has 2 atom stereocenters. The molecule has 92 valence electrons. The second-order valence-corrected chi connectivity index (χ2v) is 4.49. The molecular formula is C11H20N2O3. The first-order valence-corrected chi connectivity index (χ1v) is 5.80. The molecule has 3 N–H and O–H groups in total. The molecule has 1 heterocycles. The number of carbonyl (C=O) groups excluding carboxylic acids is 1. The summed E-state index contributed by atoms with van der Waals surface area (Å²) in [6.07, 6.45) is 2.05. The van der Waals surface area contributed by atoms with Gasteiger partial charge in [-0.2, -0.15) is 0 Å². The molecule has 1 aliphatic heterocycles. The minimum atomic E-state index is -0.818. The Balaban J connectivity index is 2.20. The maximum absolute atomic E-state index is 11.7. The van der Waals surface area contributed by atoms with E-state index in [1.165, 1.54) is 0 Å². The van der Waals surface area contributed by atoms with E-state index in [9.17, 15) is 9.59 Å². The zero-order chi connectivity index (χ0) is 12.0. The van der Waals surface area contributed by atoms with Gasteiger partial charge in [-0.05, 0) is 25.3 Å². The van der Waals surface area contributed by atoms with Crippen molar-refractivity contribution < 1.29 is 14.7 Å². The Kier molecular flexibility index (Phi) is 5.25. The second-order valence-electron chi connectivity index (χ2n) is 4.49. The van der Waals surface area contributed by atoms with Crippen LogP contribution in [0.1, 0.15) is 26.2 Å². The first-order valence-electron chi connectivity index (χ1n) is 5.80. The summed E-state index contributed by atoms with van der Waals surface area (Å²) >= 11 is 0. The number of piperidine rings is 1. The third-order valence-electron chi connectivity index (χ3n) is 2.82. The lowest BCUT2D eigenvalue weighted by atomic mass is 9.98. The number of rotatable bonds is 5. The molecule has 1 saturated heterocycles. The summed E-state index contributed by atoms with van der Waals surface area (Å²) in [6, 6.07) is 0. The molecule has 0 aliphatic carbocycles. The molecule has 5 nitrogen and oxygen atoms in total. The fourth-order valence-electron chi connectivity index (χ4n) is 1.87. The summed E-state index contributed by atoms with van der Waals surface area (Å²) in [4.78, 5) is 22.1. The number of nitrogens with one attached hydrogen (secondary N) is 2. The number of hydrogen-bond acceptors (Lipinski definition) is 3. The van der Waals surface area contributed by atoms with E-state index < -0.39 is 5.97 Å². The highest BCUT2D eigenvalue weighted by Crippen LogP contribution is 2.10. The number of carboxylic acids is 1. The van der Waals surface area contributed by atoms with E-state index in [1.54, 1.807) is 0 Å². The molecule has 0 spiro atoms. The van der Waals surface area contributed by atoms with Gasteiger partial charge >= 0.3 is 5.97 Å². The maximum atomic E-state index is 11.7. The predicted octanol–water partition coefficient (Wildman–Crippen LogP) is 0.213. The Hall–Kier alpha value is -1.10.